The van der Waals surface area contributed by atoms with Crippen LogP contribution in [0.2, 0.25) is 0 Å². The molecule has 0 aliphatic rings. The maximum absolute atomic E-state index is 8.68. The van der Waals surface area contributed by atoms with Crippen LogP contribution in [0.4, 0.5) is 11.4 Å². The van der Waals surface area contributed by atoms with Crippen molar-refractivity contribution in [1.29, 1.82) is 5.26 Å². The molecular formula is C14H21N3. The molecule has 3 heteroatoms. The van der Waals surface area contributed by atoms with E-state index in [0.717, 1.165) is 30.1 Å². The zero-order chi connectivity index (χ0) is 12.7. The largest absolute Gasteiger partial charge is 0.398 e. The van der Waals surface area contributed by atoms with Crippen molar-refractivity contribution >= 4 is 11.4 Å². The fourth-order valence-corrected chi connectivity index (χ4v) is 1.70. The highest BCUT2D eigenvalue weighted by Gasteiger charge is 2.01. The van der Waals surface area contributed by atoms with Crippen molar-refractivity contribution in [3.8, 4) is 6.07 Å². The highest BCUT2D eigenvalue weighted by molar-refractivity contribution is 5.57. The van der Waals surface area contributed by atoms with E-state index in [1.54, 1.807) is 0 Å². The summed E-state index contributed by atoms with van der Waals surface area (Å²) in [6.45, 7) is 5.43. The third-order valence-electron chi connectivity index (χ3n) is 2.70. The average Bonchev–Trinajstić information content (AvgIpc) is 2.28. The highest BCUT2D eigenvalue weighted by atomic mass is 14.9. The highest BCUT2D eigenvalue weighted by Crippen LogP contribution is 2.18. The predicted molar refractivity (Wildman–Crippen MR) is 72.7 cm³/mol. The van der Waals surface area contributed by atoms with Gasteiger partial charge in [0.05, 0.1) is 12.5 Å². The number of nitrogens with two attached hydrogens (primary N) is 1. The molecule has 0 aliphatic carbocycles. The molecular weight excluding hydrogens is 210 g/mol. The number of nitriles is 1. The average molecular weight is 231 g/mol. The fraction of sp³-hybridized carbons (Fsp3) is 0.500. The van der Waals surface area contributed by atoms with E-state index in [1.807, 2.05) is 18.2 Å². The number of anilines is 2. The molecule has 0 amide bonds. The Morgan fingerprint density at radius 3 is 2.82 bits per heavy atom. The Bertz CT molecular complexity index is 391. The number of nitrogen functional groups attached to an aromatic ring is 1. The monoisotopic (exact) mass is 231 g/mol. The van der Waals surface area contributed by atoms with Gasteiger partial charge in [-0.3, -0.25) is 0 Å². The lowest BCUT2D eigenvalue weighted by Crippen LogP contribution is -2.04. The second kappa shape index (κ2) is 6.80. The summed E-state index contributed by atoms with van der Waals surface area (Å²) < 4.78 is 0. The molecule has 0 aliphatic heterocycles. The number of rotatable bonds is 6. The molecule has 3 nitrogen and oxygen atoms in total. The lowest BCUT2D eigenvalue weighted by Gasteiger charge is -2.10. The number of nitrogens with one attached hydrogen (secondary N) is 1. The van der Waals surface area contributed by atoms with E-state index in [-0.39, 0.29) is 0 Å². The Balaban J connectivity index is 2.49. The molecule has 0 atom stereocenters. The van der Waals surface area contributed by atoms with Crippen LogP contribution in [0.25, 0.3) is 0 Å². The van der Waals surface area contributed by atoms with Gasteiger partial charge in [0.1, 0.15) is 0 Å². The maximum atomic E-state index is 8.68. The summed E-state index contributed by atoms with van der Waals surface area (Å²) in [5.41, 5.74) is 8.44. The van der Waals surface area contributed by atoms with Gasteiger partial charge in [0.25, 0.3) is 0 Å². The van der Waals surface area contributed by atoms with Gasteiger partial charge in [0.2, 0.25) is 0 Å². The van der Waals surface area contributed by atoms with Crippen molar-refractivity contribution in [3.63, 3.8) is 0 Å². The molecule has 1 aromatic carbocycles. The fourth-order valence-electron chi connectivity index (χ4n) is 1.70. The summed E-state index contributed by atoms with van der Waals surface area (Å²) in [6, 6.07) is 7.92. The SMILES string of the molecule is CC(C)CCCNc1ccc(N)c(CC#N)c1. The minimum atomic E-state index is 0.368. The Hall–Kier alpha value is -1.69. The van der Waals surface area contributed by atoms with E-state index in [4.69, 9.17) is 11.0 Å². The maximum Gasteiger partial charge on any atom is 0.0670 e. The Labute approximate surface area is 104 Å². The van der Waals surface area contributed by atoms with Crippen molar-refractivity contribution in [2.24, 2.45) is 5.92 Å². The van der Waals surface area contributed by atoms with Crippen LogP contribution in [-0.4, -0.2) is 6.54 Å². The van der Waals surface area contributed by atoms with Gasteiger partial charge in [0, 0.05) is 17.9 Å². The molecule has 0 saturated carbocycles. The Morgan fingerprint density at radius 2 is 2.18 bits per heavy atom. The van der Waals surface area contributed by atoms with Gasteiger partial charge >= 0.3 is 0 Å². The number of hydrogen-bond acceptors (Lipinski definition) is 3. The summed E-state index contributed by atoms with van der Waals surface area (Å²) in [6.07, 6.45) is 2.76. The summed E-state index contributed by atoms with van der Waals surface area (Å²) in [5.74, 6) is 0.748. The van der Waals surface area contributed by atoms with E-state index in [1.165, 1.54) is 6.42 Å². The third-order valence-corrected chi connectivity index (χ3v) is 2.70. The standard InChI is InChI=1S/C14H21N3/c1-11(2)4-3-9-17-13-5-6-14(16)12(10-13)7-8-15/h5-6,10-11,17H,3-4,7,9,16H2,1-2H3. The smallest absolute Gasteiger partial charge is 0.0670 e. The van der Waals surface area contributed by atoms with Gasteiger partial charge in [-0.05, 0) is 42.5 Å². The molecule has 1 rings (SSSR count). The molecule has 0 saturated heterocycles. The van der Waals surface area contributed by atoms with Gasteiger partial charge < -0.3 is 11.1 Å². The van der Waals surface area contributed by atoms with Crippen molar-refractivity contribution in [2.45, 2.75) is 33.1 Å². The van der Waals surface area contributed by atoms with Crippen LogP contribution < -0.4 is 11.1 Å². The molecule has 17 heavy (non-hydrogen) atoms. The second-order valence-electron chi connectivity index (χ2n) is 4.71. The Kier molecular flexibility index (Phi) is 5.35. The van der Waals surface area contributed by atoms with Crippen LogP contribution in [0.1, 0.15) is 32.3 Å². The number of hydrogen-bond donors (Lipinski definition) is 2. The van der Waals surface area contributed by atoms with Crippen molar-refractivity contribution in [3.05, 3.63) is 23.8 Å². The molecule has 0 heterocycles. The van der Waals surface area contributed by atoms with Crippen LogP contribution in [0.15, 0.2) is 18.2 Å². The minimum Gasteiger partial charge on any atom is -0.398 e. The molecule has 0 aromatic heterocycles. The van der Waals surface area contributed by atoms with E-state index >= 15 is 0 Å². The van der Waals surface area contributed by atoms with Crippen LogP contribution in [0.5, 0.6) is 0 Å². The van der Waals surface area contributed by atoms with E-state index in [0.29, 0.717) is 12.1 Å². The van der Waals surface area contributed by atoms with Gasteiger partial charge in [-0.15, -0.1) is 0 Å². The van der Waals surface area contributed by atoms with Crippen LogP contribution >= 0.6 is 0 Å². The molecule has 0 unspecified atom stereocenters. The molecule has 1 aromatic rings. The first-order chi connectivity index (χ1) is 8.13. The lowest BCUT2D eigenvalue weighted by molar-refractivity contribution is 0.567. The van der Waals surface area contributed by atoms with Crippen molar-refractivity contribution in [2.75, 3.05) is 17.6 Å². The van der Waals surface area contributed by atoms with Crippen molar-refractivity contribution < 1.29 is 0 Å². The minimum absolute atomic E-state index is 0.368. The first-order valence-electron chi connectivity index (χ1n) is 6.12. The molecule has 0 radical (unpaired) electrons. The molecule has 0 fully saturated rings. The second-order valence-corrected chi connectivity index (χ2v) is 4.71. The van der Waals surface area contributed by atoms with E-state index in [9.17, 15) is 0 Å². The third kappa shape index (κ3) is 4.78. The zero-order valence-electron chi connectivity index (χ0n) is 10.7. The van der Waals surface area contributed by atoms with Crippen LogP contribution in [0, 0.1) is 17.2 Å². The van der Waals surface area contributed by atoms with Crippen LogP contribution in [0.3, 0.4) is 0 Å². The first kappa shape index (κ1) is 13.4. The molecule has 3 N–H and O–H groups in total. The first-order valence-corrected chi connectivity index (χ1v) is 6.12. The van der Waals surface area contributed by atoms with Gasteiger partial charge in [0.15, 0.2) is 0 Å². The number of benzene rings is 1. The zero-order valence-corrected chi connectivity index (χ0v) is 10.7. The predicted octanol–water partition coefficient (Wildman–Crippen LogP) is 3.18. The van der Waals surface area contributed by atoms with Crippen LogP contribution in [-0.2, 0) is 6.42 Å². The quantitative estimate of drug-likeness (QED) is 0.584. The summed E-state index contributed by atoms with van der Waals surface area (Å²) >= 11 is 0. The van der Waals surface area contributed by atoms with Gasteiger partial charge in [-0.2, -0.15) is 5.26 Å². The lowest BCUT2D eigenvalue weighted by atomic mass is 10.1. The number of nitrogens with zero attached hydrogens (tertiary/aromatic N) is 1. The normalized spacial score (nSPS) is 10.2. The summed E-state index contributed by atoms with van der Waals surface area (Å²) in [7, 11) is 0. The van der Waals surface area contributed by atoms with Crippen molar-refractivity contribution in [1.82, 2.24) is 0 Å². The van der Waals surface area contributed by atoms with Gasteiger partial charge in [-0.1, -0.05) is 13.8 Å². The molecule has 0 spiro atoms. The summed E-state index contributed by atoms with van der Waals surface area (Å²) in [5, 5.41) is 12.0. The molecule has 92 valence electrons. The Morgan fingerprint density at radius 1 is 1.41 bits per heavy atom. The van der Waals surface area contributed by atoms with Gasteiger partial charge in [-0.25, -0.2) is 0 Å². The van der Waals surface area contributed by atoms with E-state index < -0.39 is 0 Å². The topological polar surface area (TPSA) is 61.8 Å². The summed E-state index contributed by atoms with van der Waals surface area (Å²) in [4.78, 5) is 0. The molecule has 0 bridgehead atoms. The van der Waals surface area contributed by atoms with E-state index in [2.05, 4.69) is 25.2 Å².